The Morgan fingerprint density at radius 2 is 1.69 bits per heavy atom. The van der Waals surface area contributed by atoms with Crippen LogP contribution in [-0.4, -0.2) is 34.3 Å². The average molecular weight is 391 g/mol. The maximum absolute atomic E-state index is 13.0. The smallest absolute Gasteiger partial charge is 0.295 e. The first-order chi connectivity index (χ1) is 14.1. The summed E-state index contributed by atoms with van der Waals surface area (Å²) in [4.78, 5) is 27.7. The highest BCUT2D eigenvalue weighted by Crippen LogP contribution is 2.43. The molecule has 0 radical (unpaired) electrons. The van der Waals surface area contributed by atoms with Gasteiger partial charge in [-0.15, -0.1) is 0 Å². The van der Waals surface area contributed by atoms with E-state index in [-0.39, 0.29) is 17.4 Å². The summed E-state index contributed by atoms with van der Waals surface area (Å²) in [6, 6.07) is 15.9. The number of ketones is 1. The third-order valence-corrected chi connectivity index (χ3v) is 5.75. The third-order valence-electron chi connectivity index (χ3n) is 5.75. The van der Waals surface area contributed by atoms with Crippen LogP contribution in [0.4, 0.5) is 0 Å². The van der Waals surface area contributed by atoms with Crippen molar-refractivity contribution >= 4 is 17.4 Å². The number of ether oxygens (including phenoxy) is 1. The number of carbonyl (C=O) groups excluding carboxylic acids is 2. The number of carbonyl (C=O) groups is 2. The molecule has 1 N–H and O–H groups in total. The van der Waals surface area contributed by atoms with Crippen LogP contribution in [0, 0.1) is 0 Å². The molecule has 5 heteroatoms. The van der Waals surface area contributed by atoms with E-state index < -0.39 is 17.7 Å². The van der Waals surface area contributed by atoms with E-state index in [2.05, 4.69) is 0 Å². The Morgan fingerprint density at radius 1 is 1.03 bits per heavy atom. The van der Waals surface area contributed by atoms with E-state index in [0.29, 0.717) is 17.9 Å². The van der Waals surface area contributed by atoms with Crippen molar-refractivity contribution < 1.29 is 19.4 Å². The van der Waals surface area contributed by atoms with Gasteiger partial charge < -0.3 is 14.7 Å². The topological polar surface area (TPSA) is 66.8 Å². The van der Waals surface area contributed by atoms with Crippen LogP contribution in [0.3, 0.4) is 0 Å². The number of amides is 1. The normalized spacial score (nSPS) is 21.7. The molecule has 0 aromatic heterocycles. The number of benzene rings is 2. The molecule has 1 aliphatic carbocycles. The molecule has 29 heavy (non-hydrogen) atoms. The van der Waals surface area contributed by atoms with Crippen LogP contribution < -0.4 is 4.74 Å². The number of hydrogen-bond donors (Lipinski definition) is 1. The second-order valence-corrected chi connectivity index (χ2v) is 7.51. The zero-order chi connectivity index (χ0) is 20.4. The van der Waals surface area contributed by atoms with Crippen LogP contribution in [0.5, 0.6) is 5.75 Å². The lowest BCUT2D eigenvalue weighted by molar-refractivity contribution is -0.141. The first-order valence-corrected chi connectivity index (χ1v) is 10.2. The molecule has 1 saturated heterocycles. The number of rotatable bonds is 5. The van der Waals surface area contributed by atoms with E-state index in [1.54, 1.807) is 29.2 Å². The fraction of sp³-hybridized carbons (Fsp3) is 0.333. The molecule has 1 aliphatic heterocycles. The summed E-state index contributed by atoms with van der Waals surface area (Å²) in [6.45, 7) is 2.45. The SMILES string of the molecule is CCOc1ccc(/C(O)=C2/C(=O)C(=O)N(C3CCCC3)C2c2ccccc2)cc1. The van der Waals surface area contributed by atoms with Crippen molar-refractivity contribution in [2.45, 2.75) is 44.7 Å². The lowest BCUT2D eigenvalue weighted by Gasteiger charge is -2.30. The first kappa shape index (κ1) is 19.2. The Bertz CT molecular complexity index is 927. The van der Waals surface area contributed by atoms with Gasteiger partial charge in [0.2, 0.25) is 0 Å². The zero-order valence-electron chi connectivity index (χ0n) is 16.5. The summed E-state index contributed by atoms with van der Waals surface area (Å²) in [5.74, 6) is -0.578. The Labute approximate surface area is 170 Å². The summed E-state index contributed by atoms with van der Waals surface area (Å²) in [7, 11) is 0. The summed E-state index contributed by atoms with van der Waals surface area (Å²) in [6.07, 6.45) is 3.88. The Morgan fingerprint density at radius 3 is 2.31 bits per heavy atom. The minimum absolute atomic E-state index is 0.0299. The summed E-state index contributed by atoms with van der Waals surface area (Å²) >= 11 is 0. The Balaban J connectivity index is 1.81. The average Bonchev–Trinajstić information content (AvgIpc) is 3.36. The number of aliphatic hydroxyl groups is 1. The molecule has 5 nitrogen and oxygen atoms in total. The molecule has 2 aromatic carbocycles. The molecule has 1 saturated carbocycles. The highest BCUT2D eigenvalue weighted by molar-refractivity contribution is 6.46. The van der Waals surface area contributed by atoms with Crippen LogP contribution >= 0.6 is 0 Å². The number of aliphatic hydroxyl groups excluding tert-OH is 1. The van der Waals surface area contributed by atoms with Gasteiger partial charge in [0.25, 0.3) is 11.7 Å². The van der Waals surface area contributed by atoms with Crippen molar-refractivity contribution in [3.8, 4) is 5.75 Å². The number of hydrogen-bond acceptors (Lipinski definition) is 4. The van der Waals surface area contributed by atoms with Gasteiger partial charge in [-0.1, -0.05) is 43.2 Å². The summed E-state index contributed by atoms with van der Waals surface area (Å²) in [5.41, 5.74) is 1.50. The molecule has 4 rings (SSSR count). The maximum Gasteiger partial charge on any atom is 0.295 e. The van der Waals surface area contributed by atoms with Crippen molar-refractivity contribution in [3.05, 3.63) is 71.3 Å². The number of nitrogens with zero attached hydrogens (tertiary/aromatic N) is 1. The van der Waals surface area contributed by atoms with E-state index in [4.69, 9.17) is 4.74 Å². The largest absolute Gasteiger partial charge is 0.507 e. The number of likely N-dealkylation sites (tertiary alicyclic amines) is 1. The summed E-state index contributed by atoms with van der Waals surface area (Å²) < 4.78 is 5.45. The monoisotopic (exact) mass is 391 g/mol. The standard InChI is InChI=1S/C24H25NO4/c1-2-29-19-14-12-17(13-15-19)22(26)20-21(16-8-4-3-5-9-16)25(24(28)23(20)27)18-10-6-7-11-18/h3-5,8-9,12-15,18,21,26H,2,6-7,10-11H2,1H3/b22-20-. The molecule has 1 unspecified atom stereocenters. The van der Waals surface area contributed by atoms with Crippen molar-refractivity contribution in [2.24, 2.45) is 0 Å². The lowest BCUT2D eigenvalue weighted by atomic mass is 9.94. The predicted octanol–water partition coefficient (Wildman–Crippen LogP) is 4.45. The van der Waals surface area contributed by atoms with E-state index in [1.165, 1.54) is 0 Å². The second kappa shape index (κ2) is 8.11. The first-order valence-electron chi connectivity index (χ1n) is 10.2. The van der Waals surface area contributed by atoms with Crippen LogP contribution in [0.15, 0.2) is 60.2 Å². The molecular formula is C24H25NO4. The van der Waals surface area contributed by atoms with Gasteiger partial charge in [-0.3, -0.25) is 9.59 Å². The Hall–Kier alpha value is -3.08. The van der Waals surface area contributed by atoms with E-state index in [9.17, 15) is 14.7 Å². The van der Waals surface area contributed by atoms with Crippen molar-refractivity contribution in [2.75, 3.05) is 6.61 Å². The van der Waals surface area contributed by atoms with Crippen LogP contribution in [0.25, 0.3) is 5.76 Å². The van der Waals surface area contributed by atoms with Gasteiger partial charge in [0, 0.05) is 11.6 Å². The lowest BCUT2D eigenvalue weighted by Crippen LogP contribution is -2.37. The quantitative estimate of drug-likeness (QED) is 0.465. The minimum atomic E-state index is -0.614. The molecule has 1 atom stereocenters. The van der Waals surface area contributed by atoms with E-state index in [0.717, 1.165) is 31.2 Å². The second-order valence-electron chi connectivity index (χ2n) is 7.51. The fourth-order valence-electron chi connectivity index (χ4n) is 4.40. The van der Waals surface area contributed by atoms with Gasteiger partial charge in [-0.2, -0.15) is 0 Å². The van der Waals surface area contributed by atoms with Crippen molar-refractivity contribution in [3.63, 3.8) is 0 Å². The van der Waals surface area contributed by atoms with E-state index in [1.807, 2.05) is 37.3 Å². The minimum Gasteiger partial charge on any atom is -0.507 e. The summed E-state index contributed by atoms with van der Waals surface area (Å²) in [5, 5.41) is 11.1. The van der Waals surface area contributed by atoms with Crippen molar-refractivity contribution in [1.82, 2.24) is 4.90 Å². The van der Waals surface area contributed by atoms with E-state index >= 15 is 0 Å². The van der Waals surface area contributed by atoms with Crippen molar-refractivity contribution in [1.29, 1.82) is 0 Å². The maximum atomic E-state index is 13.0. The highest BCUT2D eigenvalue weighted by atomic mass is 16.5. The van der Waals surface area contributed by atoms with Gasteiger partial charge >= 0.3 is 0 Å². The van der Waals surface area contributed by atoms with Gasteiger partial charge in [0.15, 0.2) is 0 Å². The zero-order valence-corrected chi connectivity index (χ0v) is 16.5. The molecule has 2 aliphatic rings. The molecule has 1 heterocycles. The molecule has 2 aromatic rings. The Kier molecular flexibility index (Phi) is 5.38. The van der Waals surface area contributed by atoms with Crippen LogP contribution in [-0.2, 0) is 9.59 Å². The molecular weight excluding hydrogens is 366 g/mol. The van der Waals surface area contributed by atoms with Gasteiger partial charge in [-0.05, 0) is 49.6 Å². The van der Waals surface area contributed by atoms with Gasteiger partial charge in [0.1, 0.15) is 11.5 Å². The molecule has 0 spiro atoms. The highest BCUT2D eigenvalue weighted by Gasteiger charge is 2.49. The van der Waals surface area contributed by atoms with Crippen LogP contribution in [0.2, 0.25) is 0 Å². The number of Topliss-reactive ketones (excluding diaryl/α,β-unsaturated/α-hetero) is 1. The predicted molar refractivity (Wildman–Crippen MR) is 110 cm³/mol. The third kappa shape index (κ3) is 3.53. The fourth-order valence-corrected chi connectivity index (χ4v) is 4.40. The molecule has 0 bridgehead atoms. The molecule has 1 amide bonds. The molecule has 2 fully saturated rings. The van der Waals surface area contributed by atoms with Gasteiger partial charge in [-0.25, -0.2) is 0 Å². The molecule has 150 valence electrons. The van der Waals surface area contributed by atoms with Crippen LogP contribution in [0.1, 0.15) is 49.8 Å². The van der Waals surface area contributed by atoms with Gasteiger partial charge in [0.05, 0.1) is 18.2 Å².